The predicted molar refractivity (Wildman–Crippen MR) is 130 cm³/mol. The third-order valence-electron chi connectivity index (χ3n) is 5.98. The van der Waals surface area contributed by atoms with Gasteiger partial charge in [-0.3, -0.25) is 4.79 Å². The molecule has 4 aromatic carbocycles. The molecule has 0 saturated carbocycles. The summed E-state index contributed by atoms with van der Waals surface area (Å²) in [5, 5.41) is 2.07. The fourth-order valence-corrected chi connectivity index (χ4v) is 7.03. The van der Waals surface area contributed by atoms with Crippen LogP contribution in [0.4, 0.5) is 0 Å². The molecule has 0 N–H and O–H groups in total. The molecule has 0 saturated heterocycles. The van der Waals surface area contributed by atoms with Crippen molar-refractivity contribution in [2.75, 3.05) is 0 Å². The number of ketones is 1. The molecule has 0 aliphatic heterocycles. The highest BCUT2D eigenvalue weighted by molar-refractivity contribution is 7.85. The van der Waals surface area contributed by atoms with Gasteiger partial charge in [0.2, 0.25) is 0 Å². The average Bonchev–Trinajstić information content (AvgIpc) is 2.83. The molecular weight excluding hydrogens is 399 g/mol. The Morgan fingerprint density at radius 1 is 0.645 bits per heavy atom. The quantitative estimate of drug-likeness (QED) is 0.314. The Bertz CT molecular complexity index is 1230. The maximum atomic E-state index is 15.0. The summed E-state index contributed by atoms with van der Waals surface area (Å²) in [5.74, 6) is -0.0942. The zero-order valence-corrected chi connectivity index (χ0v) is 18.9. The number of hydrogen-bond acceptors (Lipinski definition) is 2. The van der Waals surface area contributed by atoms with Crippen LogP contribution in [-0.2, 0) is 4.57 Å². The van der Waals surface area contributed by atoms with Crippen LogP contribution in [-0.4, -0.2) is 5.78 Å². The van der Waals surface area contributed by atoms with Crippen LogP contribution in [0.25, 0.3) is 0 Å². The Morgan fingerprint density at radius 3 is 1.58 bits per heavy atom. The van der Waals surface area contributed by atoms with Crippen LogP contribution >= 0.6 is 7.14 Å². The molecule has 31 heavy (non-hydrogen) atoms. The van der Waals surface area contributed by atoms with Gasteiger partial charge in [-0.2, -0.15) is 0 Å². The van der Waals surface area contributed by atoms with E-state index in [0.29, 0.717) is 16.4 Å². The van der Waals surface area contributed by atoms with Gasteiger partial charge < -0.3 is 4.57 Å². The third-order valence-corrected chi connectivity index (χ3v) is 9.06. The lowest BCUT2D eigenvalue weighted by molar-refractivity contribution is 0.103. The van der Waals surface area contributed by atoms with E-state index >= 15 is 4.57 Å². The molecule has 0 radical (unpaired) electrons. The lowest BCUT2D eigenvalue weighted by Crippen LogP contribution is -2.30. The fraction of sp³-hybridized carbons (Fsp3) is 0.107. The first-order valence-electron chi connectivity index (χ1n) is 10.4. The average molecular weight is 424 g/mol. The zero-order chi connectivity index (χ0) is 22.0. The van der Waals surface area contributed by atoms with Crippen LogP contribution in [0.15, 0.2) is 97.1 Å². The highest BCUT2D eigenvalue weighted by Crippen LogP contribution is 2.44. The minimum Gasteiger partial charge on any atom is -0.309 e. The van der Waals surface area contributed by atoms with Crippen LogP contribution < -0.4 is 15.9 Å². The summed E-state index contributed by atoms with van der Waals surface area (Å²) in [6, 6.07) is 30.2. The molecule has 0 unspecified atom stereocenters. The Hall–Kier alpha value is -3.22. The Labute approximate surface area is 184 Å². The van der Waals surface area contributed by atoms with E-state index in [1.807, 2.05) is 118 Å². The minimum atomic E-state index is -3.28. The summed E-state index contributed by atoms with van der Waals surface area (Å²) < 4.78 is 15.0. The third kappa shape index (κ3) is 3.69. The van der Waals surface area contributed by atoms with Gasteiger partial charge in [0, 0.05) is 27.0 Å². The van der Waals surface area contributed by atoms with Crippen LogP contribution in [0.3, 0.4) is 0 Å². The van der Waals surface area contributed by atoms with Gasteiger partial charge in [0.15, 0.2) is 12.9 Å². The number of hydrogen-bond donors (Lipinski definition) is 0. The number of aryl methyl sites for hydroxylation is 1. The van der Waals surface area contributed by atoms with Gasteiger partial charge in [-0.1, -0.05) is 91.0 Å². The van der Waals surface area contributed by atoms with E-state index in [1.165, 1.54) is 0 Å². The van der Waals surface area contributed by atoms with Gasteiger partial charge in [-0.15, -0.1) is 0 Å². The van der Waals surface area contributed by atoms with Gasteiger partial charge in [0.1, 0.15) is 0 Å². The number of carbonyl (C=O) groups excluding carboxylic acids is 1. The monoisotopic (exact) mass is 424 g/mol. The molecular formula is C28H25O2P. The molecule has 0 heterocycles. The lowest BCUT2D eigenvalue weighted by Gasteiger charge is -2.25. The van der Waals surface area contributed by atoms with Crippen molar-refractivity contribution >= 4 is 28.8 Å². The van der Waals surface area contributed by atoms with Gasteiger partial charge in [-0.05, 0) is 43.5 Å². The maximum absolute atomic E-state index is 15.0. The van der Waals surface area contributed by atoms with Gasteiger partial charge in [0.05, 0.1) is 0 Å². The molecule has 0 fully saturated rings. The molecule has 0 spiro atoms. The Kier molecular flexibility index (Phi) is 5.76. The lowest BCUT2D eigenvalue weighted by atomic mass is 9.93. The van der Waals surface area contributed by atoms with Crippen molar-refractivity contribution in [2.24, 2.45) is 0 Å². The van der Waals surface area contributed by atoms with E-state index in [0.717, 1.165) is 27.3 Å². The summed E-state index contributed by atoms with van der Waals surface area (Å²) in [6.45, 7) is 6.00. The predicted octanol–water partition coefficient (Wildman–Crippen LogP) is 5.48. The van der Waals surface area contributed by atoms with Gasteiger partial charge in [0.25, 0.3) is 0 Å². The van der Waals surface area contributed by atoms with Gasteiger partial charge in [-0.25, -0.2) is 0 Å². The van der Waals surface area contributed by atoms with Crippen LogP contribution in [0.2, 0.25) is 0 Å². The Balaban J connectivity index is 2.10. The van der Waals surface area contributed by atoms with Crippen LogP contribution in [0.1, 0.15) is 32.6 Å². The summed E-state index contributed by atoms with van der Waals surface area (Å²) in [7, 11) is -3.28. The van der Waals surface area contributed by atoms with E-state index in [2.05, 4.69) is 0 Å². The summed E-state index contributed by atoms with van der Waals surface area (Å²) in [4.78, 5) is 13.7. The first kappa shape index (κ1) is 21.0. The normalized spacial score (nSPS) is 11.3. The molecule has 0 bridgehead atoms. The van der Waals surface area contributed by atoms with E-state index < -0.39 is 7.14 Å². The number of carbonyl (C=O) groups is 1. The van der Waals surface area contributed by atoms with Crippen LogP contribution in [0, 0.1) is 20.8 Å². The molecule has 0 aromatic heterocycles. The summed E-state index contributed by atoms with van der Waals surface area (Å²) in [6.07, 6.45) is 0. The number of benzene rings is 4. The first-order chi connectivity index (χ1) is 14.9. The highest BCUT2D eigenvalue weighted by Gasteiger charge is 2.35. The second-order valence-corrected chi connectivity index (χ2v) is 10.5. The molecule has 154 valence electrons. The minimum absolute atomic E-state index is 0.0942. The number of rotatable bonds is 5. The molecule has 4 rings (SSSR count). The second kappa shape index (κ2) is 8.49. The van der Waals surface area contributed by atoms with E-state index in [4.69, 9.17) is 0 Å². The van der Waals surface area contributed by atoms with Crippen molar-refractivity contribution in [3.8, 4) is 0 Å². The van der Waals surface area contributed by atoms with Crippen molar-refractivity contribution in [3.05, 3.63) is 125 Å². The van der Waals surface area contributed by atoms with Crippen molar-refractivity contribution in [2.45, 2.75) is 20.8 Å². The molecule has 4 aromatic rings. The van der Waals surface area contributed by atoms with E-state index in [1.54, 1.807) is 0 Å². The molecule has 2 nitrogen and oxygen atoms in total. The molecule has 0 aliphatic carbocycles. The van der Waals surface area contributed by atoms with Crippen LogP contribution in [0.5, 0.6) is 0 Å². The molecule has 3 heteroatoms. The topological polar surface area (TPSA) is 34.1 Å². The van der Waals surface area contributed by atoms with Crippen molar-refractivity contribution in [1.29, 1.82) is 0 Å². The maximum Gasteiger partial charge on any atom is 0.194 e. The molecule has 0 aliphatic rings. The van der Waals surface area contributed by atoms with Crippen molar-refractivity contribution in [1.82, 2.24) is 0 Å². The molecule has 0 atom stereocenters. The fourth-order valence-electron chi connectivity index (χ4n) is 4.03. The Morgan fingerprint density at radius 2 is 1.10 bits per heavy atom. The smallest absolute Gasteiger partial charge is 0.194 e. The molecule has 0 amide bonds. The van der Waals surface area contributed by atoms with Crippen molar-refractivity contribution < 1.29 is 9.36 Å². The van der Waals surface area contributed by atoms with E-state index in [-0.39, 0.29) is 5.78 Å². The van der Waals surface area contributed by atoms with E-state index in [9.17, 15) is 4.79 Å². The van der Waals surface area contributed by atoms with Crippen molar-refractivity contribution in [3.63, 3.8) is 0 Å². The first-order valence-corrected chi connectivity index (χ1v) is 12.1. The summed E-state index contributed by atoms with van der Waals surface area (Å²) in [5.41, 5.74) is 4.11. The SMILES string of the molecule is Cc1cc(P(=O)(c2ccccc2)c2ccccc2)c(C(=O)c2ccccc2)c(C)c1C. The van der Waals surface area contributed by atoms with Gasteiger partial charge >= 0.3 is 0 Å². The highest BCUT2D eigenvalue weighted by atomic mass is 31.2. The standard InChI is InChI=1S/C28H25O2P/c1-20-19-26(27(22(3)21(20)2)28(29)23-13-7-4-8-14-23)31(30,24-15-9-5-10-16-24)25-17-11-6-12-18-25/h4-19H,1-3H3. The summed E-state index contributed by atoms with van der Waals surface area (Å²) >= 11 is 0. The largest absolute Gasteiger partial charge is 0.309 e. The second-order valence-electron chi connectivity index (χ2n) is 7.81. The zero-order valence-electron chi connectivity index (χ0n) is 18.0.